The molecule has 3 aromatic carbocycles. The van der Waals surface area contributed by atoms with Gasteiger partial charge in [0.1, 0.15) is 23.7 Å². The molecule has 0 bridgehead atoms. The van der Waals surface area contributed by atoms with Crippen LogP contribution in [0.1, 0.15) is 28.6 Å². The molecule has 0 unspecified atom stereocenters. The van der Waals surface area contributed by atoms with Crippen molar-refractivity contribution in [2.45, 2.75) is 19.7 Å². The molecule has 0 amide bonds. The molecule has 0 saturated heterocycles. The summed E-state index contributed by atoms with van der Waals surface area (Å²) in [6, 6.07) is 16.0. The van der Waals surface area contributed by atoms with E-state index in [2.05, 4.69) is 0 Å². The van der Waals surface area contributed by atoms with Crippen LogP contribution in [0.3, 0.4) is 0 Å². The Kier molecular flexibility index (Phi) is 7.21. The first-order valence-electron chi connectivity index (χ1n) is 10.7. The molecule has 1 aromatic heterocycles. The van der Waals surface area contributed by atoms with Gasteiger partial charge in [0.15, 0.2) is 0 Å². The van der Waals surface area contributed by atoms with E-state index in [0.29, 0.717) is 5.02 Å². The van der Waals surface area contributed by atoms with Gasteiger partial charge in [0.2, 0.25) is 11.2 Å². The summed E-state index contributed by atoms with van der Waals surface area (Å²) in [5.41, 5.74) is -0.408. The van der Waals surface area contributed by atoms with Crippen molar-refractivity contribution < 1.29 is 36.6 Å². The Morgan fingerprint density at radius 3 is 2.39 bits per heavy atom. The first kappa shape index (κ1) is 25.1. The Bertz CT molecular complexity index is 1460. The number of hydrogen-bond donors (Lipinski definition) is 0. The highest BCUT2D eigenvalue weighted by Gasteiger charge is 2.40. The van der Waals surface area contributed by atoms with Gasteiger partial charge in [-0.1, -0.05) is 23.7 Å². The third-order valence-electron chi connectivity index (χ3n) is 4.96. The second kappa shape index (κ2) is 10.3. The topological polar surface area (TPSA) is 75.0 Å². The summed E-state index contributed by atoms with van der Waals surface area (Å²) >= 11 is 5.95. The number of benzene rings is 3. The first-order chi connectivity index (χ1) is 17.2. The van der Waals surface area contributed by atoms with E-state index in [0.717, 1.165) is 5.56 Å². The normalized spacial score (nSPS) is 11.4. The summed E-state index contributed by atoms with van der Waals surface area (Å²) in [7, 11) is 0. The van der Waals surface area contributed by atoms with Gasteiger partial charge in [-0.25, -0.2) is 4.79 Å². The number of carbonyl (C=O) groups is 1. The third kappa shape index (κ3) is 5.63. The van der Waals surface area contributed by atoms with Crippen molar-refractivity contribution >= 4 is 28.5 Å². The van der Waals surface area contributed by atoms with Crippen LogP contribution in [0.25, 0.3) is 11.0 Å². The Labute approximate surface area is 207 Å². The van der Waals surface area contributed by atoms with Crippen molar-refractivity contribution in [2.75, 3.05) is 6.61 Å². The molecule has 36 heavy (non-hydrogen) atoms. The maximum absolute atomic E-state index is 13.8. The summed E-state index contributed by atoms with van der Waals surface area (Å²) in [6.07, 6.45) is -5.02. The lowest BCUT2D eigenvalue weighted by Gasteiger charge is -2.14. The van der Waals surface area contributed by atoms with Crippen molar-refractivity contribution in [1.82, 2.24) is 0 Å². The number of fused-ring (bicyclic) bond motifs is 1. The van der Waals surface area contributed by atoms with Crippen LogP contribution in [-0.2, 0) is 17.5 Å². The molecule has 4 aromatic rings. The highest BCUT2D eigenvalue weighted by molar-refractivity contribution is 6.30. The zero-order chi connectivity index (χ0) is 25.9. The molecule has 0 atom stereocenters. The Morgan fingerprint density at radius 2 is 1.72 bits per heavy atom. The summed E-state index contributed by atoms with van der Waals surface area (Å²) in [6.45, 7) is 1.91. The standard InChI is InChI=1S/C26H18ClF3O6/c1-2-33-25(32)16-6-8-18(9-7-16)35-23-22(31)20-11-10-19(13-21(20)36-24(23)26(28,29)30)34-14-15-4-3-5-17(27)12-15/h3-13H,2,14H2,1H3. The van der Waals surface area contributed by atoms with Crippen molar-refractivity contribution in [3.05, 3.63) is 98.9 Å². The van der Waals surface area contributed by atoms with Crippen LogP contribution in [0.2, 0.25) is 5.02 Å². The second-order valence-electron chi connectivity index (χ2n) is 7.51. The molecule has 0 aliphatic carbocycles. The van der Waals surface area contributed by atoms with Crippen molar-refractivity contribution in [3.63, 3.8) is 0 Å². The molecule has 0 saturated carbocycles. The Hall–Kier alpha value is -3.98. The molecule has 0 aliphatic rings. The van der Waals surface area contributed by atoms with Gasteiger partial charge in [0.25, 0.3) is 5.76 Å². The van der Waals surface area contributed by atoms with Gasteiger partial charge in [-0.3, -0.25) is 4.79 Å². The number of rotatable bonds is 7. The fraction of sp³-hybridized carbons (Fsp3) is 0.154. The van der Waals surface area contributed by atoms with Crippen LogP contribution in [0, 0.1) is 0 Å². The summed E-state index contributed by atoms with van der Waals surface area (Å²) in [4.78, 5) is 24.8. The maximum Gasteiger partial charge on any atom is 0.453 e. The molecule has 6 nitrogen and oxygen atoms in total. The monoisotopic (exact) mass is 518 g/mol. The van der Waals surface area contributed by atoms with Crippen LogP contribution in [0.15, 0.2) is 75.9 Å². The average Bonchev–Trinajstić information content (AvgIpc) is 2.84. The van der Waals surface area contributed by atoms with Crippen molar-refractivity contribution in [1.29, 1.82) is 0 Å². The van der Waals surface area contributed by atoms with E-state index in [9.17, 15) is 22.8 Å². The lowest BCUT2D eigenvalue weighted by atomic mass is 10.2. The van der Waals surface area contributed by atoms with Gasteiger partial charge >= 0.3 is 12.1 Å². The fourth-order valence-electron chi connectivity index (χ4n) is 3.31. The van der Waals surface area contributed by atoms with E-state index in [-0.39, 0.29) is 41.2 Å². The fourth-order valence-corrected chi connectivity index (χ4v) is 3.52. The molecule has 186 valence electrons. The van der Waals surface area contributed by atoms with E-state index in [1.165, 1.54) is 42.5 Å². The molecule has 4 rings (SSSR count). The molecule has 0 radical (unpaired) electrons. The van der Waals surface area contributed by atoms with E-state index >= 15 is 0 Å². The van der Waals surface area contributed by atoms with E-state index in [1.807, 2.05) is 0 Å². The molecule has 0 fully saturated rings. The number of ether oxygens (including phenoxy) is 3. The lowest BCUT2D eigenvalue weighted by molar-refractivity contribution is -0.154. The summed E-state index contributed by atoms with van der Waals surface area (Å²) < 4.78 is 62.3. The highest BCUT2D eigenvalue weighted by Crippen LogP contribution is 2.38. The number of halogens is 4. The smallest absolute Gasteiger partial charge is 0.453 e. The number of esters is 1. The zero-order valence-electron chi connectivity index (χ0n) is 18.7. The van der Waals surface area contributed by atoms with Crippen LogP contribution in [-0.4, -0.2) is 12.6 Å². The minimum Gasteiger partial charge on any atom is -0.489 e. The molecular weight excluding hydrogens is 501 g/mol. The Balaban J connectivity index is 1.66. The molecule has 0 spiro atoms. The number of carbonyl (C=O) groups excluding carboxylic acids is 1. The van der Waals surface area contributed by atoms with E-state index in [1.54, 1.807) is 31.2 Å². The highest BCUT2D eigenvalue weighted by atomic mass is 35.5. The minimum atomic E-state index is -5.02. The van der Waals surface area contributed by atoms with Gasteiger partial charge < -0.3 is 18.6 Å². The molecule has 1 heterocycles. The summed E-state index contributed by atoms with van der Waals surface area (Å²) in [5, 5.41) is 0.384. The van der Waals surface area contributed by atoms with E-state index in [4.69, 9.17) is 30.2 Å². The van der Waals surface area contributed by atoms with Gasteiger partial charge in [-0.15, -0.1) is 0 Å². The quantitative estimate of drug-likeness (QED) is 0.245. The predicted molar refractivity (Wildman–Crippen MR) is 126 cm³/mol. The summed E-state index contributed by atoms with van der Waals surface area (Å²) in [5.74, 6) is -3.12. The van der Waals surface area contributed by atoms with Gasteiger partial charge in [0, 0.05) is 11.1 Å². The maximum atomic E-state index is 13.8. The zero-order valence-corrected chi connectivity index (χ0v) is 19.5. The van der Waals surface area contributed by atoms with Gasteiger partial charge in [-0.2, -0.15) is 13.2 Å². The van der Waals surface area contributed by atoms with Crippen LogP contribution < -0.4 is 14.9 Å². The van der Waals surface area contributed by atoms with Crippen LogP contribution in [0.5, 0.6) is 17.2 Å². The van der Waals surface area contributed by atoms with Gasteiger partial charge in [0.05, 0.1) is 17.6 Å². The second-order valence-corrected chi connectivity index (χ2v) is 7.95. The number of hydrogen-bond acceptors (Lipinski definition) is 6. The molecular formula is C26H18ClF3O6. The predicted octanol–water partition coefficient (Wildman–Crippen LogP) is 7.01. The number of alkyl halides is 3. The largest absolute Gasteiger partial charge is 0.489 e. The average molecular weight is 519 g/mol. The Morgan fingerprint density at radius 1 is 1.00 bits per heavy atom. The molecule has 0 aliphatic heterocycles. The lowest BCUT2D eigenvalue weighted by Crippen LogP contribution is -2.15. The molecule has 0 N–H and O–H groups in total. The van der Waals surface area contributed by atoms with Crippen molar-refractivity contribution in [3.8, 4) is 17.2 Å². The van der Waals surface area contributed by atoms with Crippen LogP contribution in [0.4, 0.5) is 13.2 Å². The first-order valence-corrected chi connectivity index (χ1v) is 11.0. The SMILES string of the molecule is CCOC(=O)c1ccc(Oc2c(C(F)(F)F)oc3cc(OCc4cccc(Cl)c4)ccc3c2=O)cc1. The van der Waals surface area contributed by atoms with Crippen LogP contribution >= 0.6 is 11.6 Å². The van der Waals surface area contributed by atoms with Crippen molar-refractivity contribution in [2.24, 2.45) is 0 Å². The minimum absolute atomic E-state index is 0.0957. The third-order valence-corrected chi connectivity index (χ3v) is 5.19. The van der Waals surface area contributed by atoms with Gasteiger partial charge in [-0.05, 0) is 61.0 Å². The van der Waals surface area contributed by atoms with E-state index < -0.39 is 29.1 Å². The molecule has 10 heteroatoms.